The van der Waals surface area contributed by atoms with E-state index in [0.29, 0.717) is 22.9 Å². The van der Waals surface area contributed by atoms with E-state index < -0.39 is 10.0 Å². The van der Waals surface area contributed by atoms with E-state index >= 15 is 0 Å². The summed E-state index contributed by atoms with van der Waals surface area (Å²) < 4.78 is 36.3. The summed E-state index contributed by atoms with van der Waals surface area (Å²) in [6.07, 6.45) is 2.42. The van der Waals surface area contributed by atoms with Crippen molar-refractivity contribution >= 4 is 33.2 Å². The van der Waals surface area contributed by atoms with Crippen molar-refractivity contribution < 1.29 is 22.7 Å². The Morgan fingerprint density at radius 2 is 1.78 bits per heavy atom. The number of benzene rings is 2. The van der Waals surface area contributed by atoms with Crippen molar-refractivity contribution in [2.24, 2.45) is 0 Å². The Morgan fingerprint density at radius 1 is 1.12 bits per heavy atom. The second-order valence-electron chi connectivity index (χ2n) is 7.51. The third-order valence-corrected chi connectivity index (χ3v) is 6.64. The van der Waals surface area contributed by atoms with E-state index in [9.17, 15) is 13.2 Å². The Hall–Kier alpha value is -2.45. The van der Waals surface area contributed by atoms with Crippen LogP contribution in [-0.4, -0.2) is 41.3 Å². The van der Waals surface area contributed by atoms with E-state index in [-0.39, 0.29) is 24.9 Å². The van der Waals surface area contributed by atoms with Crippen molar-refractivity contribution in [2.75, 3.05) is 31.3 Å². The Labute approximate surface area is 195 Å². The number of nitrogens with zero attached hydrogens (tertiary/aromatic N) is 1. The first kappa shape index (κ1) is 25.8. The van der Waals surface area contributed by atoms with Crippen LogP contribution in [0.3, 0.4) is 0 Å². The molecule has 2 rings (SSSR count). The minimum absolute atomic E-state index is 0.126. The van der Waals surface area contributed by atoms with Crippen LogP contribution in [-0.2, 0) is 14.8 Å². The van der Waals surface area contributed by atoms with Gasteiger partial charge in [-0.1, -0.05) is 30.7 Å². The molecule has 0 unspecified atom stereocenters. The zero-order valence-electron chi connectivity index (χ0n) is 19.1. The zero-order chi connectivity index (χ0) is 23.9. The molecular formula is C23H31ClN2O5S. The molecule has 2 aromatic rings. The average molecular weight is 483 g/mol. The number of carbonyl (C=O) groups excluding carboxylic acids is 1. The lowest BCUT2D eigenvalue weighted by atomic mass is 10.0. The molecule has 0 radical (unpaired) electrons. The number of nitrogens with one attached hydrogen (secondary N) is 1. The summed E-state index contributed by atoms with van der Waals surface area (Å²) in [5.41, 5.74) is 2.43. The number of carbonyl (C=O) groups is 1. The molecule has 0 aliphatic heterocycles. The average Bonchev–Trinajstić information content (AvgIpc) is 2.74. The fourth-order valence-corrected chi connectivity index (χ4v) is 4.70. The Balaban J connectivity index is 2.02. The molecule has 0 saturated heterocycles. The van der Waals surface area contributed by atoms with Gasteiger partial charge in [-0.3, -0.25) is 9.10 Å². The third-order valence-electron chi connectivity index (χ3n) is 5.15. The molecule has 0 bridgehead atoms. The van der Waals surface area contributed by atoms with Gasteiger partial charge < -0.3 is 14.8 Å². The lowest BCUT2D eigenvalue weighted by Crippen LogP contribution is -2.33. The van der Waals surface area contributed by atoms with Gasteiger partial charge in [-0.25, -0.2) is 8.42 Å². The smallest absolute Gasteiger partial charge is 0.232 e. The number of anilines is 1. The summed E-state index contributed by atoms with van der Waals surface area (Å²) >= 11 is 6.15. The van der Waals surface area contributed by atoms with Crippen LogP contribution >= 0.6 is 11.6 Å². The number of hydrogen-bond donors (Lipinski definition) is 1. The van der Waals surface area contributed by atoms with Crippen molar-refractivity contribution in [1.29, 1.82) is 0 Å². The van der Waals surface area contributed by atoms with Crippen LogP contribution < -0.4 is 19.1 Å². The maximum atomic E-state index is 12.6. The van der Waals surface area contributed by atoms with Gasteiger partial charge in [0.2, 0.25) is 15.9 Å². The first-order valence-corrected chi connectivity index (χ1v) is 12.6. The van der Waals surface area contributed by atoms with Gasteiger partial charge in [0.25, 0.3) is 0 Å². The minimum atomic E-state index is -3.54. The van der Waals surface area contributed by atoms with E-state index in [1.807, 2.05) is 32.0 Å². The summed E-state index contributed by atoms with van der Waals surface area (Å²) in [5.74, 6) is 1.13. The normalized spacial score (nSPS) is 12.2. The zero-order valence-corrected chi connectivity index (χ0v) is 20.7. The lowest BCUT2D eigenvalue weighted by Gasteiger charge is -2.23. The van der Waals surface area contributed by atoms with Crippen LogP contribution in [0.4, 0.5) is 5.69 Å². The molecule has 7 nitrogen and oxygen atoms in total. The quantitative estimate of drug-likeness (QED) is 0.510. The highest BCUT2D eigenvalue weighted by molar-refractivity contribution is 7.92. The molecule has 0 fully saturated rings. The predicted octanol–water partition coefficient (Wildman–Crippen LogP) is 4.48. The second-order valence-corrected chi connectivity index (χ2v) is 9.83. The van der Waals surface area contributed by atoms with E-state index in [4.69, 9.17) is 21.1 Å². The highest BCUT2D eigenvalue weighted by Crippen LogP contribution is 2.30. The summed E-state index contributed by atoms with van der Waals surface area (Å²) in [6, 6.07) is 10.5. The van der Waals surface area contributed by atoms with Crippen molar-refractivity contribution in [1.82, 2.24) is 5.32 Å². The fraction of sp³-hybridized carbons (Fsp3) is 0.435. The molecule has 9 heteroatoms. The third kappa shape index (κ3) is 6.77. The maximum Gasteiger partial charge on any atom is 0.232 e. The number of hydrogen-bond acceptors (Lipinski definition) is 5. The first-order chi connectivity index (χ1) is 15.1. The van der Waals surface area contributed by atoms with Gasteiger partial charge in [-0.15, -0.1) is 0 Å². The number of halogens is 1. The van der Waals surface area contributed by atoms with Gasteiger partial charge in [0, 0.05) is 13.0 Å². The van der Waals surface area contributed by atoms with E-state index in [0.717, 1.165) is 29.6 Å². The molecular weight excluding hydrogens is 452 g/mol. The monoisotopic (exact) mass is 482 g/mol. The summed E-state index contributed by atoms with van der Waals surface area (Å²) in [5, 5.41) is 3.36. The van der Waals surface area contributed by atoms with Crippen LogP contribution in [0.5, 0.6) is 11.5 Å². The summed E-state index contributed by atoms with van der Waals surface area (Å²) in [7, 11) is -0.428. The molecule has 0 aliphatic rings. The first-order valence-electron chi connectivity index (χ1n) is 10.4. The second kappa shape index (κ2) is 11.4. The number of aryl methyl sites for hydroxylation is 1. The Morgan fingerprint density at radius 3 is 2.31 bits per heavy atom. The van der Waals surface area contributed by atoms with Gasteiger partial charge in [0.05, 0.1) is 37.2 Å². The highest BCUT2D eigenvalue weighted by atomic mass is 35.5. The van der Waals surface area contributed by atoms with Gasteiger partial charge >= 0.3 is 0 Å². The Bertz CT molecular complexity index is 1040. The van der Waals surface area contributed by atoms with Crippen LogP contribution in [0.1, 0.15) is 43.4 Å². The van der Waals surface area contributed by atoms with Crippen LogP contribution in [0.2, 0.25) is 5.02 Å². The number of ether oxygens (including phenoxy) is 2. The molecule has 0 aromatic heterocycles. The van der Waals surface area contributed by atoms with E-state index in [1.165, 1.54) is 11.4 Å². The maximum absolute atomic E-state index is 12.6. The van der Waals surface area contributed by atoms with Gasteiger partial charge in [0.1, 0.15) is 11.5 Å². The molecule has 1 atom stereocenters. The van der Waals surface area contributed by atoms with Crippen LogP contribution in [0, 0.1) is 6.92 Å². The predicted molar refractivity (Wildman–Crippen MR) is 128 cm³/mol. The molecule has 32 heavy (non-hydrogen) atoms. The van der Waals surface area contributed by atoms with Crippen molar-refractivity contribution in [3.05, 3.63) is 52.5 Å². The van der Waals surface area contributed by atoms with E-state index in [1.54, 1.807) is 25.3 Å². The van der Waals surface area contributed by atoms with Crippen molar-refractivity contribution in [3.8, 4) is 11.5 Å². The summed E-state index contributed by atoms with van der Waals surface area (Å²) in [4.78, 5) is 12.6. The van der Waals surface area contributed by atoms with Gasteiger partial charge in [0.15, 0.2) is 0 Å². The van der Waals surface area contributed by atoms with Crippen LogP contribution in [0.25, 0.3) is 0 Å². The highest BCUT2D eigenvalue weighted by Gasteiger charge is 2.20. The fourth-order valence-electron chi connectivity index (χ4n) is 3.49. The number of rotatable bonds is 11. The molecule has 0 aliphatic carbocycles. The topological polar surface area (TPSA) is 84.9 Å². The Kier molecular flexibility index (Phi) is 9.21. The largest absolute Gasteiger partial charge is 0.496 e. The molecule has 2 aromatic carbocycles. The molecule has 1 N–H and O–H groups in total. The number of sulfonamides is 1. The number of methoxy groups -OCH3 is 2. The summed E-state index contributed by atoms with van der Waals surface area (Å²) in [6.45, 7) is 4.12. The molecule has 0 spiro atoms. The number of amides is 1. The van der Waals surface area contributed by atoms with Crippen LogP contribution in [0.15, 0.2) is 36.4 Å². The minimum Gasteiger partial charge on any atom is -0.496 e. The lowest BCUT2D eigenvalue weighted by molar-refractivity contribution is -0.121. The molecule has 1 amide bonds. The van der Waals surface area contributed by atoms with Crippen molar-refractivity contribution in [2.45, 2.75) is 39.2 Å². The standard InChI is InChI=1S/C23H31ClN2O5S/c1-6-20(17-9-11-21(30-3)16(2)14-17)25-23(27)8-7-13-26(32(5,28)29)18-10-12-22(31-4)19(24)15-18/h9-12,14-15,20H,6-8,13H2,1-5H3,(H,25,27)/t20-/m0/s1. The van der Waals surface area contributed by atoms with Gasteiger partial charge in [-0.05, 0) is 55.2 Å². The van der Waals surface area contributed by atoms with E-state index in [2.05, 4.69) is 5.32 Å². The molecule has 0 saturated carbocycles. The molecule has 0 heterocycles. The van der Waals surface area contributed by atoms with Crippen molar-refractivity contribution in [3.63, 3.8) is 0 Å². The SMILES string of the molecule is CC[C@H](NC(=O)CCCN(c1ccc(OC)c(Cl)c1)S(C)(=O)=O)c1ccc(OC)c(C)c1. The molecule has 176 valence electrons. The van der Waals surface area contributed by atoms with Gasteiger partial charge in [-0.2, -0.15) is 0 Å².